The van der Waals surface area contributed by atoms with Crippen LogP contribution in [-0.4, -0.2) is 42.2 Å². The van der Waals surface area contributed by atoms with E-state index in [1.807, 2.05) is 12.3 Å². The van der Waals surface area contributed by atoms with Crippen molar-refractivity contribution in [3.8, 4) is 5.88 Å². The normalized spacial score (nSPS) is 24.1. The van der Waals surface area contributed by atoms with Crippen LogP contribution in [0.4, 0.5) is 0 Å². The molecule has 20 heavy (non-hydrogen) atoms. The van der Waals surface area contributed by atoms with Gasteiger partial charge in [-0.1, -0.05) is 13.8 Å². The van der Waals surface area contributed by atoms with Crippen LogP contribution >= 0.6 is 0 Å². The minimum Gasteiger partial charge on any atom is -0.481 e. The Hall–Kier alpha value is -1.13. The number of pyridine rings is 1. The average Bonchev–Trinajstić information content (AvgIpc) is 2.42. The van der Waals surface area contributed by atoms with Gasteiger partial charge < -0.3 is 10.1 Å². The summed E-state index contributed by atoms with van der Waals surface area (Å²) in [6.07, 6.45) is 3.06. The third-order valence-electron chi connectivity index (χ3n) is 3.93. The third kappa shape index (κ3) is 4.18. The van der Waals surface area contributed by atoms with Crippen LogP contribution in [0.25, 0.3) is 0 Å². The number of piperazine rings is 1. The molecule has 1 aliphatic rings. The van der Waals surface area contributed by atoms with E-state index in [2.05, 4.69) is 42.0 Å². The maximum atomic E-state index is 5.20. The molecule has 112 valence electrons. The number of ether oxygens (including phenoxy) is 1. The van der Waals surface area contributed by atoms with Crippen molar-refractivity contribution in [1.82, 2.24) is 15.2 Å². The number of nitrogens with zero attached hydrogens (tertiary/aromatic N) is 2. The third-order valence-corrected chi connectivity index (χ3v) is 3.93. The van der Waals surface area contributed by atoms with Crippen LogP contribution in [0.15, 0.2) is 18.3 Å². The smallest absolute Gasteiger partial charge is 0.213 e. The Labute approximate surface area is 122 Å². The second kappa shape index (κ2) is 7.04. The molecule has 0 aromatic carbocycles. The summed E-state index contributed by atoms with van der Waals surface area (Å²) in [5.74, 6) is 1.44. The fraction of sp³-hybridized carbons (Fsp3) is 0.688. The van der Waals surface area contributed by atoms with Gasteiger partial charge in [0.15, 0.2) is 0 Å². The van der Waals surface area contributed by atoms with Gasteiger partial charge in [0.05, 0.1) is 7.11 Å². The van der Waals surface area contributed by atoms with Crippen molar-refractivity contribution in [3.63, 3.8) is 0 Å². The second-order valence-corrected chi connectivity index (χ2v) is 6.22. The van der Waals surface area contributed by atoms with Crippen LogP contribution in [0, 0.1) is 5.92 Å². The van der Waals surface area contributed by atoms with Crippen molar-refractivity contribution >= 4 is 0 Å². The Morgan fingerprint density at radius 2 is 2.30 bits per heavy atom. The van der Waals surface area contributed by atoms with Gasteiger partial charge in [-0.25, -0.2) is 4.98 Å². The molecule has 2 heterocycles. The van der Waals surface area contributed by atoms with E-state index < -0.39 is 0 Å². The molecule has 0 radical (unpaired) electrons. The SMILES string of the molecule is COc1cc(CN2CC(CC(C)C)NCC2C)ccn1. The summed E-state index contributed by atoms with van der Waals surface area (Å²) in [6.45, 7) is 10.0. The lowest BCUT2D eigenvalue weighted by molar-refractivity contribution is 0.124. The van der Waals surface area contributed by atoms with Gasteiger partial charge in [0.2, 0.25) is 5.88 Å². The highest BCUT2D eigenvalue weighted by Gasteiger charge is 2.25. The Morgan fingerprint density at radius 3 is 3.00 bits per heavy atom. The summed E-state index contributed by atoms with van der Waals surface area (Å²) in [5, 5.41) is 3.66. The molecule has 0 spiro atoms. The molecule has 2 atom stereocenters. The fourth-order valence-electron chi connectivity index (χ4n) is 2.84. The first-order valence-electron chi connectivity index (χ1n) is 7.55. The maximum Gasteiger partial charge on any atom is 0.213 e. The summed E-state index contributed by atoms with van der Waals surface area (Å²) in [4.78, 5) is 6.73. The van der Waals surface area contributed by atoms with Crippen molar-refractivity contribution < 1.29 is 4.74 Å². The molecular weight excluding hydrogens is 250 g/mol. The van der Waals surface area contributed by atoms with Gasteiger partial charge in [-0.2, -0.15) is 0 Å². The van der Waals surface area contributed by atoms with E-state index in [1.54, 1.807) is 7.11 Å². The molecule has 2 rings (SSSR count). The number of methoxy groups -OCH3 is 1. The highest BCUT2D eigenvalue weighted by Crippen LogP contribution is 2.17. The fourth-order valence-corrected chi connectivity index (χ4v) is 2.84. The van der Waals surface area contributed by atoms with Crippen molar-refractivity contribution in [2.75, 3.05) is 20.2 Å². The van der Waals surface area contributed by atoms with Gasteiger partial charge in [-0.3, -0.25) is 4.90 Å². The van der Waals surface area contributed by atoms with Gasteiger partial charge >= 0.3 is 0 Å². The van der Waals surface area contributed by atoms with E-state index in [1.165, 1.54) is 12.0 Å². The molecule has 4 heteroatoms. The lowest BCUT2D eigenvalue weighted by atomic mass is 10.00. The predicted octanol–water partition coefficient (Wildman–Crippen LogP) is 2.30. The molecule has 4 nitrogen and oxygen atoms in total. The number of hydrogen-bond acceptors (Lipinski definition) is 4. The van der Waals surface area contributed by atoms with Gasteiger partial charge in [-0.05, 0) is 30.9 Å². The van der Waals surface area contributed by atoms with E-state index >= 15 is 0 Å². The number of rotatable bonds is 5. The van der Waals surface area contributed by atoms with Crippen LogP contribution in [0.2, 0.25) is 0 Å². The highest BCUT2D eigenvalue weighted by molar-refractivity contribution is 5.20. The summed E-state index contributed by atoms with van der Waals surface area (Å²) in [7, 11) is 1.66. The Bertz CT molecular complexity index is 422. The maximum absolute atomic E-state index is 5.20. The van der Waals surface area contributed by atoms with Crippen LogP contribution < -0.4 is 10.1 Å². The molecule has 1 N–H and O–H groups in total. The van der Waals surface area contributed by atoms with E-state index in [9.17, 15) is 0 Å². The number of nitrogens with one attached hydrogen (secondary N) is 1. The largest absolute Gasteiger partial charge is 0.481 e. The topological polar surface area (TPSA) is 37.4 Å². The van der Waals surface area contributed by atoms with Gasteiger partial charge in [0.25, 0.3) is 0 Å². The van der Waals surface area contributed by atoms with Crippen molar-refractivity contribution in [2.24, 2.45) is 5.92 Å². The first-order valence-corrected chi connectivity index (χ1v) is 7.55. The van der Waals surface area contributed by atoms with Crippen molar-refractivity contribution in [2.45, 2.75) is 45.8 Å². The molecule has 0 amide bonds. The summed E-state index contributed by atoms with van der Waals surface area (Å²) < 4.78 is 5.20. The van der Waals surface area contributed by atoms with Crippen LogP contribution in [-0.2, 0) is 6.54 Å². The first kappa shape index (κ1) is 15.3. The van der Waals surface area contributed by atoms with Gasteiger partial charge in [0, 0.05) is 44.0 Å². The lowest BCUT2D eigenvalue weighted by Gasteiger charge is -2.39. The minimum atomic E-state index is 0.567. The molecule has 1 aliphatic heterocycles. The molecule has 1 fully saturated rings. The molecule has 0 saturated carbocycles. The van der Waals surface area contributed by atoms with E-state index in [0.29, 0.717) is 18.0 Å². The molecule has 1 aromatic rings. The number of hydrogen-bond donors (Lipinski definition) is 1. The van der Waals surface area contributed by atoms with E-state index in [0.717, 1.165) is 25.6 Å². The summed E-state index contributed by atoms with van der Waals surface area (Å²) >= 11 is 0. The molecule has 1 saturated heterocycles. The van der Waals surface area contributed by atoms with Crippen LogP contribution in [0.3, 0.4) is 0 Å². The van der Waals surface area contributed by atoms with Crippen LogP contribution in [0.1, 0.15) is 32.8 Å². The minimum absolute atomic E-state index is 0.567. The molecule has 2 unspecified atom stereocenters. The Kier molecular flexibility index (Phi) is 5.38. The van der Waals surface area contributed by atoms with Crippen LogP contribution in [0.5, 0.6) is 5.88 Å². The summed E-state index contributed by atoms with van der Waals surface area (Å²) in [5.41, 5.74) is 1.27. The predicted molar refractivity (Wildman–Crippen MR) is 81.9 cm³/mol. The average molecular weight is 277 g/mol. The zero-order valence-electron chi connectivity index (χ0n) is 13.1. The Morgan fingerprint density at radius 1 is 1.50 bits per heavy atom. The van der Waals surface area contributed by atoms with Gasteiger partial charge in [-0.15, -0.1) is 0 Å². The Balaban J connectivity index is 1.98. The molecular formula is C16H27N3O. The lowest BCUT2D eigenvalue weighted by Crippen LogP contribution is -2.55. The summed E-state index contributed by atoms with van der Waals surface area (Å²) in [6, 6.07) is 5.29. The monoisotopic (exact) mass is 277 g/mol. The quantitative estimate of drug-likeness (QED) is 0.896. The second-order valence-electron chi connectivity index (χ2n) is 6.22. The molecule has 1 aromatic heterocycles. The zero-order chi connectivity index (χ0) is 14.5. The highest BCUT2D eigenvalue weighted by atomic mass is 16.5. The van der Waals surface area contributed by atoms with Crippen molar-refractivity contribution in [1.29, 1.82) is 0 Å². The molecule has 0 aliphatic carbocycles. The van der Waals surface area contributed by atoms with E-state index in [4.69, 9.17) is 4.74 Å². The molecule has 0 bridgehead atoms. The standard InChI is InChI=1S/C16H27N3O/c1-12(2)7-15-11-19(13(3)9-18-15)10-14-5-6-17-16(8-14)20-4/h5-6,8,12-13,15,18H,7,9-11H2,1-4H3. The zero-order valence-corrected chi connectivity index (χ0v) is 13.1. The first-order chi connectivity index (χ1) is 9.58. The number of aromatic nitrogens is 1. The van der Waals surface area contributed by atoms with Crippen molar-refractivity contribution in [3.05, 3.63) is 23.9 Å². The van der Waals surface area contributed by atoms with E-state index in [-0.39, 0.29) is 0 Å². The van der Waals surface area contributed by atoms with Gasteiger partial charge in [0.1, 0.15) is 0 Å².